The third kappa shape index (κ3) is 2.78. The minimum absolute atomic E-state index is 0.0172. The van der Waals surface area contributed by atoms with Crippen LogP contribution < -0.4 is 0 Å². The predicted molar refractivity (Wildman–Crippen MR) is 81.7 cm³/mol. The molecule has 1 heterocycles. The number of nitrogens with zero attached hydrogens (tertiary/aromatic N) is 2. The fourth-order valence-electron chi connectivity index (χ4n) is 2.73. The Bertz CT molecular complexity index is 658. The van der Waals surface area contributed by atoms with E-state index in [4.69, 9.17) is 9.84 Å². The Hall–Kier alpha value is -1.53. The van der Waals surface area contributed by atoms with Crippen molar-refractivity contribution in [2.24, 2.45) is 0 Å². The molecule has 1 saturated carbocycles. The third-order valence-electron chi connectivity index (χ3n) is 4.09. The smallest absolute Gasteiger partial charge is 0.313 e. The van der Waals surface area contributed by atoms with Crippen molar-refractivity contribution < 1.29 is 14.6 Å². The molecule has 0 unspecified atom stereocenters. The second-order valence-corrected chi connectivity index (χ2v) is 6.33. The lowest BCUT2D eigenvalue weighted by Gasteiger charge is -2.41. The summed E-state index contributed by atoms with van der Waals surface area (Å²) in [6, 6.07) is 7.90. The molecule has 3 rings (SSSR count). The number of hydrogen-bond acceptors (Lipinski definition) is 4. The molecule has 6 heteroatoms. The Morgan fingerprint density at radius 1 is 1.48 bits per heavy atom. The summed E-state index contributed by atoms with van der Waals surface area (Å²) in [6.07, 6.45) is 3.26. The molecule has 1 N–H and O–H groups in total. The van der Waals surface area contributed by atoms with Gasteiger partial charge in [0, 0.05) is 7.11 Å². The van der Waals surface area contributed by atoms with Crippen molar-refractivity contribution in [2.75, 3.05) is 12.9 Å². The number of aliphatic carboxylic acids is 1. The van der Waals surface area contributed by atoms with E-state index in [1.165, 1.54) is 18.2 Å². The van der Waals surface area contributed by atoms with Gasteiger partial charge in [0.2, 0.25) is 0 Å². The van der Waals surface area contributed by atoms with Crippen molar-refractivity contribution in [3.05, 3.63) is 24.3 Å². The molecule has 112 valence electrons. The van der Waals surface area contributed by atoms with Crippen molar-refractivity contribution >= 4 is 28.8 Å². The van der Waals surface area contributed by atoms with Gasteiger partial charge < -0.3 is 14.4 Å². The van der Waals surface area contributed by atoms with Gasteiger partial charge in [-0.3, -0.25) is 4.79 Å². The molecule has 1 aliphatic carbocycles. The molecule has 0 spiro atoms. The van der Waals surface area contributed by atoms with E-state index in [1.54, 1.807) is 7.11 Å². The van der Waals surface area contributed by atoms with Crippen LogP contribution in [-0.2, 0) is 16.1 Å². The monoisotopic (exact) mass is 306 g/mol. The molecule has 0 atom stereocenters. The van der Waals surface area contributed by atoms with Gasteiger partial charge in [0.15, 0.2) is 5.16 Å². The molecule has 0 saturated heterocycles. The van der Waals surface area contributed by atoms with Crippen molar-refractivity contribution in [1.29, 1.82) is 0 Å². The molecule has 0 aliphatic heterocycles. The molecule has 0 radical (unpaired) electrons. The number of thioether (sulfide) groups is 1. The number of carbonyl (C=O) groups is 1. The van der Waals surface area contributed by atoms with Gasteiger partial charge >= 0.3 is 5.97 Å². The highest BCUT2D eigenvalue weighted by molar-refractivity contribution is 7.99. The number of rotatable bonds is 6. The number of aromatic nitrogens is 2. The van der Waals surface area contributed by atoms with Crippen LogP contribution in [0, 0.1) is 0 Å². The highest BCUT2D eigenvalue weighted by Crippen LogP contribution is 2.38. The normalized spacial score (nSPS) is 16.8. The van der Waals surface area contributed by atoms with E-state index in [0.717, 1.165) is 35.6 Å². The molecule has 1 aromatic carbocycles. The van der Waals surface area contributed by atoms with Gasteiger partial charge in [-0.2, -0.15) is 0 Å². The molecule has 2 aromatic rings. The van der Waals surface area contributed by atoms with Gasteiger partial charge in [-0.1, -0.05) is 23.9 Å². The minimum atomic E-state index is -0.830. The van der Waals surface area contributed by atoms with Gasteiger partial charge in [-0.05, 0) is 31.4 Å². The average molecular weight is 306 g/mol. The number of para-hydroxylation sites is 2. The summed E-state index contributed by atoms with van der Waals surface area (Å²) in [6.45, 7) is 0.728. The number of carboxylic acid groups (broad SMARTS) is 1. The summed E-state index contributed by atoms with van der Waals surface area (Å²) in [5.41, 5.74) is 1.81. The van der Waals surface area contributed by atoms with E-state index in [-0.39, 0.29) is 11.4 Å². The van der Waals surface area contributed by atoms with Crippen molar-refractivity contribution in [1.82, 2.24) is 9.55 Å². The van der Waals surface area contributed by atoms with Crippen LogP contribution in [0.3, 0.4) is 0 Å². The first-order valence-corrected chi connectivity index (χ1v) is 7.97. The van der Waals surface area contributed by atoms with Crippen molar-refractivity contribution in [3.63, 3.8) is 0 Å². The lowest BCUT2D eigenvalue weighted by Crippen LogP contribution is -2.43. The van der Waals surface area contributed by atoms with E-state index in [0.29, 0.717) is 0 Å². The summed E-state index contributed by atoms with van der Waals surface area (Å²) >= 11 is 1.26. The Balaban J connectivity index is 1.96. The number of methoxy groups -OCH3 is 1. The number of imidazole rings is 1. The topological polar surface area (TPSA) is 64.3 Å². The summed E-state index contributed by atoms with van der Waals surface area (Å²) < 4.78 is 7.81. The van der Waals surface area contributed by atoms with Crippen LogP contribution in [0.15, 0.2) is 29.4 Å². The maximum Gasteiger partial charge on any atom is 0.313 e. The largest absolute Gasteiger partial charge is 0.481 e. The van der Waals surface area contributed by atoms with Crippen molar-refractivity contribution in [3.8, 4) is 0 Å². The molecule has 21 heavy (non-hydrogen) atoms. The van der Waals surface area contributed by atoms with Crippen LogP contribution in [-0.4, -0.2) is 39.1 Å². The summed E-state index contributed by atoms with van der Waals surface area (Å²) in [5.74, 6) is -0.813. The van der Waals surface area contributed by atoms with Gasteiger partial charge in [0.1, 0.15) is 0 Å². The molecule has 1 fully saturated rings. The van der Waals surface area contributed by atoms with Crippen LogP contribution in [0.1, 0.15) is 19.3 Å². The maximum atomic E-state index is 10.8. The summed E-state index contributed by atoms with van der Waals surface area (Å²) in [7, 11) is 1.75. The maximum absolute atomic E-state index is 10.8. The number of benzene rings is 1. The zero-order valence-electron chi connectivity index (χ0n) is 11.9. The zero-order valence-corrected chi connectivity index (χ0v) is 12.7. The minimum Gasteiger partial charge on any atom is -0.481 e. The van der Waals surface area contributed by atoms with Gasteiger partial charge in [-0.25, -0.2) is 4.98 Å². The molecule has 1 aromatic heterocycles. The Labute approximate surface area is 127 Å². The highest BCUT2D eigenvalue weighted by atomic mass is 32.2. The lowest BCUT2D eigenvalue weighted by molar-refractivity contribution is -0.133. The first kappa shape index (κ1) is 14.4. The molecule has 5 nitrogen and oxygen atoms in total. The fraction of sp³-hybridized carbons (Fsp3) is 0.467. The van der Waals surface area contributed by atoms with E-state index in [2.05, 4.69) is 9.55 Å². The molecule has 0 amide bonds. The van der Waals surface area contributed by atoms with E-state index >= 15 is 0 Å². The van der Waals surface area contributed by atoms with E-state index < -0.39 is 5.97 Å². The highest BCUT2D eigenvalue weighted by Gasteiger charge is 2.38. The van der Waals surface area contributed by atoms with Crippen LogP contribution in [0.5, 0.6) is 0 Å². The van der Waals surface area contributed by atoms with Crippen LogP contribution >= 0.6 is 11.8 Å². The van der Waals surface area contributed by atoms with Crippen LogP contribution in [0.25, 0.3) is 11.0 Å². The second kappa shape index (κ2) is 5.69. The third-order valence-corrected chi connectivity index (χ3v) is 5.05. The average Bonchev–Trinajstić information content (AvgIpc) is 2.78. The van der Waals surface area contributed by atoms with E-state index in [9.17, 15) is 4.79 Å². The second-order valence-electron chi connectivity index (χ2n) is 5.39. The summed E-state index contributed by atoms with van der Waals surface area (Å²) in [5, 5.41) is 9.65. The molecule has 0 bridgehead atoms. The standard InChI is InChI=1S/C15H18N2O3S/c1-20-15(7-4-8-15)10-17-12-6-3-2-5-11(12)16-14(17)21-9-13(18)19/h2-3,5-6H,4,7-10H2,1H3,(H,18,19). The Morgan fingerprint density at radius 3 is 2.86 bits per heavy atom. The fourth-order valence-corrected chi connectivity index (χ4v) is 3.46. The van der Waals surface area contributed by atoms with E-state index in [1.807, 2.05) is 24.3 Å². The van der Waals surface area contributed by atoms with Gasteiger partial charge in [0.25, 0.3) is 0 Å². The number of carboxylic acids is 1. The Morgan fingerprint density at radius 2 is 2.24 bits per heavy atom. The summed E-state index contributed by atoms with van der Waals surface area (Å²) in [4.78, 5) is 15.4. The zero-order chi connectivity index (χ0) is 14.9. The van der Waals surface area contributed by atoms with Crippen LogP contribution in [0.4, 0.5) is 0 Å². The quantitative estimate of drug-likeness (QED) is 0.831. The number of hydrogen-bond donors (Lipinski definition) is 1. The van der Waals surface area contributed by atoms with Gasteiger partial charge in [-0.15, -0.1) is 0 Å². The molecular weight excluding hydrogens is 288 g/mol. The first-order chi connectivity index (χ1) is 10.1. The Kier molecular flexibility index (Phi) is 3.91. The molecular formula is C15H18N2O3S. The predicted octanol–water partition coefficient (Wildman–Crippen LogP) is 2.78. The lowest BCUT2D eigenvalue weighted by atomic mass is 9.80. The van der Waals surface area contributed by atoms with Gasteiger partial charge in [0.05, 0.1) is 28.9 Å². The molecule has 1 aliphatic rings. The van der Waals surface area contributed by atoms with Crippen LogP contribution in [0.2, 0.25) is 0 Å². The number of ether oxygens (including phenoxy) is 1. The number of fused-ring (bicyclic) bond motifs is 1. The first-order valence-electron chi connectivity index (χ1n) is 6.99. The van der Waals surface area contributed by atoms with Crippen molar-refractivity contribution in [2.45, 2.75) is 36.6 Å². The SMILES string of the molecule is COC1(Cn2c(SCC(=O)O)nc3ccccc32)CCC1.